The van der Waals surface area contributed by atoms with E-state index in [0.717, 1.165) is 6.26 Å². The molecule has 0 radical (unpaired) electrons. The van der Waals surface area contributed by atoms with Crippen molar-refractivity contribution >= 4 is 27.2 Å². The predicted octanol–water partition coefficient (Wildman–Crippen LogP) is 2.64. The van der Waals surface area contributed by atoms with Gasteiger partial charge >= 0.3 is 0 Å². The molecule has 0 N–H and O–H groups in total. The van der Waals surface area contributed by atoms with Crippen LogP contribution in [0.2, 0.25) is 5.02 Å². The second kappa shape index (κ2) is 6.22. The summed E-state index contributed by atoms with van der Waals surface area (Å²) >= 11 is 6.32. The zero-order valence-electron chi connectivity index (χ0n) is 14.4. The third-order valence-corrected chi connectivity index (χ3v) is 5.69. The van der Waals surface area contributed by atoms with E-state index in [1.54, 1.807) is 27.8 Å². The van der Waals surface area contributed by atoms with Crippen LogP contribution in [-0.2, 0) is 16.9 Å². The lowest BCUT2D eigenvalue weighted by Gasteiger charge is -2.14. The van der Waals surface area contributed by atoms with Crippen molar-refractivity contribution in [2.24, 2.45) is 7.05 Å². The monoisotopic (exact) mass is 370 g/mol. The third-order valence-electron chi connectivity index (χ3n) is 3.83. The Balaban J connectivity index is 2.74. The molecule has 0 aliphatic heterocycles. The van der Waals surface area contributed by atoms with Crippen molar-refractivity contribution < 1.29 is 17.9 Å². The lowest BCUT2D eigenvalue weighted by molar-refractivity contribution is 0.103. The number of hydrogen-bond acceptors (Lipinski definition) is 5. The van der Waals surface area contributed by atoms with E-state index in [4.69, 9.17) is 16.3 Å². The number of sulfone groups is 1. The Morgan fingerprint density at radius 1 is 1.29 bits per heavy atom. The van der Waals surface area contributed by atoms with Crippen molar-refractivity contribution in [1.29, 1.82) is 0 Å². The van der Waals surface area contributed by atoms with E-state index in [1.807, 2.05) is 0 Å². The van der Waals surface area contributed by atoms with E-state index < -0.39 is 9.84 Å². The molecule has 2 aromatic rings. The van der Waals surface area contributed by atoms with Crippen molar-refractivity contribution in [1.82, 2.24) is 9.78 Å². The molecule has 0 unspecified atom stereocenters. The molecule has 0 saturated carbocycles. The summed E-state index contributed by atoms with van der Waals surface area (Å²) in [5, 5.41) is 4.31. The van der Waals surface area contributed by atoms with Crippen LogP contribution in [0, 0.1) is 20.8 Å². The Bertz CT molecular complexity index is 946. The van der Waals surface area contributed by atoms with Crippen molar-refractivity contribution in [3.8, 4) is 5.88 Å². The molecule has 0 aliphatic rings. The topological polar surface area (TPSA) is 78.3 Å². The highest BCUT2D eigenvalue weighted by Gasteiger charge is 2.27. The normalized spacial score (nSPS) is 11.6. The molecule has 0 bridgehead atoms. The number of nitrogens with zero attached hydrogens (tertiary/aromatic N) is 2. The summed E-state index contributed by atoms with van der Waals surface area (Å²) < 4.78 is 30.6. The maximum absolute atomic E-state index is 13.0. The molecule has 0 fully saturated rings. The molecular formula is C16H19ClN2O4S. The number of carbonyl (C=O) groups is 1. The van der Waals surface area contributed by atoms with Gasteiger partial charge in [-0.15, -0.1) is 0 Å². The first-order valence-corrected chi connectivity index (χ1v) is 9.39. The zero-order valence-corrected chi connectivity index (χ0v) is 16.0. The summed E-state index contributed by atoms with van der Waals surface area (Å²) in [6, 6.07) is 1.50. The van der Waals surface area contributed by atoms with E-state index in [2.05, 4.69) is 5.10 Å². The molecule has 1 aromatic carbocycles. The third kappa shape index (κ3) is 2.93. The van der Waals surface area contributed by atoms with Crippen LogP contribution >= 0.6 is 11.6 Å². The van der Waals surface area contributed by atoms with E-state index in [1.165, 1.54) is 17.9 Å². The second-order valence-corrected chi connectivity index (χ2v) is 8.03. The van der Waals surface area contributed by atoms with Gasteiger partial charge in [-0.05, 0) is 38.0 Å². The Kier molecular flexibility index (Phi) is 4.79. The lowest BCUT2D eigenvalue weighted by atomic mass is 9.99. The summed E-state index contributed by atoms with van der Waals surface area (Å²) in [6.45, 7) is 4.94. The number of rotatable bonds is 4. The highest BCUT2D eigenvalue weighted by Crippen LogP contribution is 2.33. The van der Waals surface area contributed by atoms with Gasteiger partial charge in [0.2, 0.25) is 11.7 Å². The average Bonchev–Trinajstić information content (AvgIpc) is 2.74. The number of hydrogen-bond donors (Lipinski definition) is 0. The second-order valence-electron chi connectivity index (χ2n) is 5.70. The number of ketones is 1. The molecule has 24 heavy (non-hydrogen) atoms. The standard InChI is InChI=1S/C16H19ClN2O4S/c1-8-7-11(13(17)9(2)15(8)24(6,21)22)14(20)12-10(3)18-19(4)16(12)23-5/h7H,1-6H3. The Morgan fingerprint density at radius 3 is 2.38 bits per heavy atom. The molecule has 6 nitrogen and oxygen atoms in total. The number of methoxy groups -OCH3 is 1. The smallest absolute Gasteiger partial charge is 0.223 e. The Hall–Kier alpha value is -1.86. The number of aromatic nitrogens is 2. The van der Waals surface area contributed by atoms with E-state index in [9.17, 15) is 13.2 Å². The van der Waals surface area contributed by atoms with Crippen LogP contribution in [0.3, 0.4) is 0 Å². The molecule has 1 aromatic heterocycles. The van der Waals surface area contributed by atoms with Gasteiger partial charge in [0.05, 0.1) is 22.7 Å². The minimum Gasteiger partial charge on any atom is -0.481 e. The van der Waals surface area contributed by atoms with Gasteiger partial charge < -0.3 is 4.74 Å². The number of carbonyl (C=O) groups excluding carboxylic acids is 1. The van der Waals surface area contributed by atoms with Gasteiger partial charge in [-0.25, -0.2) is 13.1 Å². The van der Waals surface area contributed by atoms with Crippen molar-refractivity contribution in [3.05, 3.63) is 39.0 Å². The molecule has 130 valence electrons. The largest absolute Gasteiger partial charge is 0.481 e. The Morgan fingerprint density at radius 2 is 1.88 bits per heavy atom. The summed E-state index contributed by atoms with van der Waals surface area (Å²) in [6.07, 6.45) is 1.12. The predicted molar refractivity (Wildman–Crippen MR) is 92.0 cm³/mol. The number of benzene rings is 1. The highest BCUT2D eigenvalue weighted by atomic mass is 35.5. The zero-order chi connectivity index (χ0) is 18.4. The minimum atomic E-state index is -3.45. The molecule has 2 rings (SSSR count). The first kappa shape index (κ1) is 18.5. The van der Waals surface area contributed by atoms with Crippen molar-refractivity contribution in [3.63, 3.8) is 0 Å². The van der Waals surface area contributed by atoms with Crippen LogP contribution in [0.25, 0.3) is 0 Å². The van der Waals surface area contributed by atoms with Crippen LogP contribution in [0.5, 0.6) is 5.88 Å². The van der Waals surface area contributed by atoms with Gasteiger partial charge in [0.15, 0.2) is 9.84 Å². The van der Waals surface area contributed by atoms with Gasteiger partial charge in [-0.1, -0.05) is 11.6 Å². The van der Waals surface area contributed by atoms with E-state index in [-0.39, 0.29) is 21.3 Å². The number of ether oxygens (including phenoxy) is 1. The molecule has 0 spiro atoms. The summed E-state index contributed by atoms with van der Waals surface area (Å²) in [5.74, 6) is -0.0234. The van der Waals surface area contributed by atoms with E-state index >= 15 is 0 Å². The SMILES string of the molecule is COc1c(C(=O)c2cc(C)c(S(C)(=O)=O)c(C)c2Cl)c(C)nn1C. The van der Waals surface area contributed by atoms with E-state index in [0.29, 0.717) is 28.3 Å². The van der Waals surface area contributed by atoms with Crippen molar-refractivity contribution in [2.45, 2.75) is 25.7 Å². The first-order chi connectivity index (χ1) is 11.0. The molecule has 0 atom stereocenters. The molecule has 0 amide bonds. The quantitative estimate of drug-likeness (QED) is 0.773. The molecule has 0 aliphatic carbocycles. The van der Waals surface area contributed by atoms with Gasteiger partial charge in [0.25, 0.3) is 0 Å². The minimum absolute atomic E-state index is 0.122. The molecule has 1 heterocycles. The fourth-order valence-corrected chi connectivity index (χ4v) is 4.54. The fourth-order valence-electron chi connectivity index (χ4n) is 2.95. The molecule has 8 heteroatoms. The fraction of sp³-hybridized carbons (Fsp3) is 0.375. The van der Waals surface area contributed by atoms with Gasteiger partial charge in [-0.2, -0.15) is 5.10 Å². The van der Waals surface area contributed by atoms with Gasteiger partial charge in [-0.3, -0.25) is 4.79 Å². The average molecular weight is 371 g/mol. The maximum atomic E-state index is 13.0. The van der Waals surface area contributed by atoms with Crippen molar-refractivity contribution in [2.75, 3.05) is 13.4 Å². The molecule has 0 saturated heterocycles. The summed E-state index contributed by atoms with van der Waals surface area (Å²) in [7, 11) is -0.317. The lowest BCUT2D eigenvalue weighted by Crippen LogP contribution is -2.10. The first-order valence-electron chi connectivity index (χ1n) is 7.12. The van der Waals surface area contributed by atoms with Crippen LogP contribution in [0.15, 0.2) is 11.0 Å². The van der Waals surface area contributed by atoms with Crippen LogP contribution in [0.4, 0.5) is 0 Å². The van der Waals surface area contributed by atoms with Crippen LogP contribution in [-0.4, -0.2) is 37.3 Å². The number of aryl methyl sites for hydroxylation is 3. The van der Waals surface area contributed by atoms with Gasteiger partial charge in [0, 0.05) is 18.9 Å². The summed E-state index contributed by atoms with van der Waals surface area (Å²) in [5.41, 5.74) is 1.89. The highest BCUT2D eigenvalue weighted by molar-refractivity contribution is 7.90. The summed E-state index contributed by atoms with van der Waals surface area (Å²) in [4.78, 5) is 13.1. The maximum Gasteiger partial charge on any atom is 0.223 e. The molecular weight excluding hydrogens is 352 g/mol. The van der Waals surface area contributed by atoms with Gasteiger partial charge in [0.1, 0.15) is 5.56 Å². The Labute approximate surface area is 146 Å². The van der Waals surface area contributed by atoms with Crippen LogP contribution in [0.1, 0.15) is 32.7 Å². The van der Waals surface area contributed by atoms with Crippen LogP contribution < -0.4 is 4.74 Å². The number of halogens is 1.